The molecule has 0 amide bonds. The molecule has 11 heavy (non-hydrogen) atoms. The molecule has 1 nitrogen and oxygen atoms in total. The van der Waals surface area contributed by atoms with Crippen LogP contribution >= 0.6 is 0 Å². The molecule has 1 radical (unpaired) electrons. The summed E-state index contributed by atoms with van der Waals surface area (Å²) >= 11 is 0. The smallest absolute Gasteiger partial charge is 0.0494 e. The van der Waals surface area contributed by atoms with Crippen LogP contribution in [0.2, 0.25) is 0 Å². The van der Waals surface area contributed by atoms with Crippen molar-refractivity contribution in [3.63, 3.8) is 0 Å². The van der Waals surface area contributed by atoms with Crippen LogP contribution in [-0.2, 0) is 4.74 Å². The summed E-state index contributed by atoms with van der Waals surface area (Å²) in [6.07, 6.45) is 7.95. The Labute approximate surface area is 70.1 Å². The van der Waals surface area contributed by atoms with Gasteiger partial charge in [0.2, 0.25) is 0 Å². The minimum absolute atomic E-state index is 0.844. The number of rotatable bonds is 4. The summed E-state index contributed by atoms with van der Waals surface area (Å²) in [5, 5.41) is 0. The summed E-state index contributed by atoms with van der Waals surface area (Å²) in [4.78, 5) is 0. The minimum atomic E-state index is 0.844. The van der Waals surface area contributed by atoms with Crippen molar-refractivity contribution in [1.82, 2.24) is 0 Å². The Bertz CT molecular complexity index is 84.9. The molecule has 65 valence electrons. The fourth-order valence-electron chi connectivity index (χ4n) is 1.71. The van der Waals surface area contributed by atoms with Crippen molar-refractivity contribution >= 4 is 0 Å². The molecule has 0 N–H and O–H groups in total. The summed E-state index contributed by atoms with van der Waals surface area (Å²) < 4.78 is 5.46. The zero-order valence-corrected chi connectivity index (χ0v) is 7.35. The predicted octanol–water partition coefficient (Wildman–Crippen LogP) is 2.81. The van der Waals surface area contributed by atoms with Crippen LogP contribution < -0.4 is 0 Å². The van der Waals surface area contributed by atoms with Gasteiger partial charge in [0.15, 0.2) is 0 Å². The van der Waals surface area contributed by atoms with Gasteiger partial charge in [-0.15, -0.1) is 0 Å². The van der Waals surface area contributed by atoms with Crippen LogP contribution in [0.4, 0.5) is 0 Å². The Hall–Kier alpha value is -0.0400. The molecule has 0 unspecified atom stereocenters. The monoisotopic (exact) mass is 155 g/mol. The van der Waals surface area contributed by atoms with Crippen LogP contribution in [0.5, 0.6) is 0 Å². The second kappa shape index (κ2) is 5.59. The Balaban J connectivity index is 1.96. The van der Waals surface area contributed by atoms with E-state index in [2.05, 4.69) is 6.92 Å². The average Bonchev–Trinajstić information content (AvgIpc) is 2.07. The highest BCUT2D eigenvalue weighted by molar-refractivity contribution is 4.64. The SMILES string of the molecule is [CH2]CCOCC1CCCCC1. The maximum Gasteiger partial charge on any atom is 0.0494 e. The molecule has 0 saturated heterocycles. The van der Waals surface area contributed by atoms with Gasteiger partial charge in [0.1, 0.15) is 0 Å². The van der Waals surface area contributed by atoms with Gasteiger partial charge in [-0.1, -0.05) is 26.2 Å². The Morgan fingerprint density at radius 3 is 2.55 bits per heavy atom. The summed E-state index contributed by atoms with van der Waals surface area (Å²) in [6, 6.07) is 0. The predicted molar refractivity (Wildman–Crippen MR) is 47.4 cm³/mol. The van der Waals surface area contributed by atoms with Crippen molar-refractivity contribution in [2.24, 2.45) is 5.92 Å². The number of ether oxygens (including phenoxy) is 1. The first kappa shape index (κ1) is 9.05. The van der Waals surface area contributed by atoms with E-state index in [1.165, 1.54) is 32.1 Å². The van der Waals surface area contributed by atoms with Crippen molar-refractivity contribution in [2.45, 2.75) is 38.5 Å². The van der Waals surface area contributed by atoms with Gasteiger partial charge < -0.3 is 4.74 Å². The Morgan fingerprint density at radius 2 is 1.91 bits per heavy atom. The molecule has 1 saturated carbocycles. The zero-order valence-electron chi connectivity index (χ0n) is 7.35. The summed E-state index contributed by atoms with van der Waals surface area (Å²) in [7, 11) is 0. The maximum absolute atomic E-state index is 5.46. The molecule has 0 heterocycles. The molecule has 0 aliphatic heterocycles. The fraction of sp³-hybridized carbons (Fsp3) is 0.900. The van der Waals surface area contributed by atoms with Crippen molar-refractivity contribution in [3.8, 4) is 0 Å². The number of hydrogen-bond donors (Lipinski definition) is 0. The maximum atomic E-state index is 5.46. The molecule has 1 rings (SSSR count). The van der Waals surface area contributed by atoms with E-state index in [-0.39, 0.29) is 0 Å². The third kappa shape index (κ3) is 3.76. The van der Waals surface area contributed by atoms with Gasteiger partial charge in [-0.2, -0.15) is 0 Å². The standard InChI is InChI=1S/C10H19O/c1-2-8-11-9-10-6-4-3-5-7-10/h10H,1-9H2. The third-order valence-corrected chi connectivity index (χ3v) is 2.37. The van der Waals surface area contributed by atoms with Gasteiger partial charge in [0, 0.05) is 13.2 Å². The first-order valence-corrected chi connectivity index (χ1v) is 4.80. The molecule has 0 bridgehead atoms. The van der Waals surface area contributed by atoms with E-state index in [9.17, 15) is 0 Å². The van der Waals surface area contributed by atoms with Crippen molar-refractivity contribution in [3.05, 3.63) is 6.92 Å². The minimum Gasteiger partial charge on any atom is -0.381 e. The highest BCUT2D eigenvalue weighted by Gasteiger charge is 2.12. The van der Waals surface area contributed by atoms with Gasteiger partial charge in [-0.25, -0.2) is 0 Å². The lowest BCUT2D eigenvalue weighted by molar-refractivity contribution is 0.0883. The number of hydrogen-bond acceptors (Lipinski definition) is 1. The van der Waals surface area contributed by atoms with Crippen LogP contribution in [0.1, 0.15) is 38.5 Å². The van der Waals surface area contributed by atoms with Gasteiger partial charge in [-0.3, -0.25) is 0 Å². The second-order valence-electron chi connectivity index (χ2n) is 3.43. The lowest BCUT2D eigenvalue weighted by Gasteiger charge is -2.20. The second-order valence-corrected chi connectivity index (χ2v) is 3.43. The van der Waals surface area contributed by atoms with E-state index in [0.29, 0.717) is 0 Å². The van der Waals surface area contributed by atoms with Crippen LogP contribution in [0.25, 0.3) is 0 Å². The Kier molecular flexibility index (Phi) is 4.60. The van der Waals surface area contributed by atoms with Crippen LogP contribution in [-0.4, -0.2) is 13.2 Å². The summed E-state index contributed by atoms with van der Waals surface area (Å²) in [5.74, 6) is 0.857. The molecular formula is C10H19O. The average molecular weight is 155 g/mol. The molecule has 1 aliphatic rings. The molecular weight excluding hydrogens is 136 g/mol. The lowest BCUT2D eigenvalue weighted by Crippen LogP contribution is -2.13. The zero-order chi connectivity index (χ0) is 7.94. The van der Waals surface area contributed by atoms with Crippen LogP contribution in [0.3, 0.4) is 0 Å². The van der Waals surface area contributed by atoms with E-state index in [1.807, 2.05) is 0 Å². The van der Waals surface area contributed by atoms with Crippen molar-refractivity contribution in [1.29, 1.82) is 0 Å². The molecule has 0 aromatic heterocycles. The van der Waals surface area contributed by atoms with Crippen molar-refractivity contribution in [2.75, 3.05) is 13.2 Å². The highest BCUT2D eigenvalue weighted by Crippen LogP contribution is 2.23. The van der Waals surface area contributed by atoms with Crippen LogP contribution in [0.15, 0.2) is 0 Å². The molecule has 0 aromatic rings. The molecule has 0 aromatic carbocycles. The normalized spacial score (nSPS) is 20.5. The summed E-state index contributed by atoms with van der Waals surface area (Å²) in [6.45, 7) is 5.57. The fourth-order valence-corrected chi connectivity index (χ4v) is 1.71. The quantitative estimate of drug-likeness (QED) is 0.567. The topological polar surface area (TPSA) is 9.23 Å². The first-order valence-electron chi connectivity index (χ1n) is 4.80. The van der Waals surface area contributed by atoms with Gasteiger partial charge in [0.25, 0.3) is 0 Å². The van der Waals surface area contributed by atoms with Gasteiger partial charge >= 0.3 is 0 Å². The molecule has 0 atom stereocenters. The van der Waals surface area contributed by atoms with Crippen LogP contribution in [0, 0.1) is 12.8 Å². The summed E-state index contributed by atoms with van der Waals surface area (Å²) in [5.41, 5.74) is 0. The highest BCUT2D eigenvalue weighted by atomic mass is 16.5. The third-order valence-electron chi connectivity index (χ3n) is 2.37. The van der Waals surface area contributed by atoms with E-state index in [0.717, 1.165) is 25.6 Å². The van der Waals surface area contributed by atoms with E-state index in [4.69, 9.17) is 4.74 Å². The lowest BCUT2D eigenvalue weighted by atomic mass is 9.90. The van der Waals surface area contributed by atoms with Crippen molar-refractivity contribution < 1.29 is 4.74 Å². The molecule has 1 aliphatic carbocycles. The molecule has 0 spiro atoms. The van der Waals surface area contributed by atoms with Gasteiger partial charge in [-0.05, 0) is 25.2 Å². The van der Waals surface area contributed by atoms with Gasteiger partial charge in [0.05, 0.1) is 0 Å². The largest absolute Gasteiger partial charge is 0.381 e. The van der Waals surface area contributed by atoms with E-state index in [1.54, 1.807) is 0 Å². The van der Waals surface area contributed by atoms with E-state index < -0.39 is 0 Å². The molecule has 1 heteroatoms. The molecule has 1 fully saturated rings. The Morgan fingerprint density at radius 1 is 1.18 bits per heavy atom. The first-order chi connectivity index (χ1) is 5.43. The van der Waals surface area contributed by atoms with E-state index >= 15 is 0 Å².